The number of aryl methyl sites for hydroxylation is 1. The number of nitrogens with one attached hydrogen (secondary N) is 2. The van der Waals surface area contributed by atoms with Gasteiger partial charge < -0.3 is 10.6 Å². The molecule has 31 heavy (non-hydrogen) atoms. The van der Waals surface area contributed by atoms with Crippen LogP contribution in [0.15, 0.2) is 54.6 Å². The lowest BCUT2D eigenvalue weighted by Gasteiger charge is -2.12. The Kier molecular flexibility index (Phi) is 6.52. The fourth-order valence-electron chi connectivity index (χ4n) is 2.65. The minimum atomic E-state index is -4.60. The van der Waals surface area contributed by atoms with E-state index in [-0.39, 0.29) is 27.7 Å². The fourth-order valence-corrected chi connectivity index (χ4v) is 2.94. The molecule has 0 spiro atoms. The number of benzene rings is 2. The molecule has 2 amide bonds. The third-order valence-corrected chi connectivity index (χ3v) is 4.78. The summed E-state index contributed by atoms with van der Waals surface area (Å²) in [5, 5.41) is 5.90. The molecule has 0 radical (unpaired) electrons. The lowest BCUT2D eigenvalue weighted by Crippen LogP contribution is -2.17. The normalized spacial score (nSPS) is 11.2. The van der Waals surface area contributed by atoms with E-state index < -0.39 is 23.7 Å². The van der Waals surface area contributed by atoms with Crippen molar-refractivity contribution in [1.82, 2.24) is 4.98 Å². The van der Waals surface area contributed by atoms with Crippen LogP contribution in [0.5, 0.6) is 0 Å². The van der Waals surface area contributed by atoms with Crippen LogP contribution in [0.2, 0.25) is 10.0 Å². The Morgan fingerprint density at radius 3 is 2.19 bits per heavy atom. The van der Waals surface area contributed by atoms with E-state index in [1.807, 2.05) is 0 Å². The Bertz CT molecular complexity index is 1150. The summed E-state index contributed by atoms with van der Waals surface area (Å²) in [5.74, 6) is -1.10. The highest BCUT2D eigenvalue weighted by molar-refractivity contribution is 6.34. The molecule has 3 rings (SSSR count). The lowest BCUT2D eigenvalue weighted by molar-refractivity contribution is -0.141. The van der Waals surface area contributed by atoms with Gasteiger partial charge in [-0.2, -0.15) is 13.2 Å². The van der Waals surface area contributed by atoms with Crippen molar-refractivity contribution in [3.05, 3.63) is 87.2 Å². The minimum absolute atomic E-state index is 0.0188. The highest BCUT2D eigenvalue weighted by Gasteiger charge is 2.33. The van der Waals surface area contributed by atoms with Gasteiger partial charge in [0.2, 0.25) is 0 Å². The molecule has 0 aliphatic rings. The molecule has 3 aromatic rings. The van der Waals surface area contributed by atoms with Crippen molar-refractivity contribution >= 4 is 46.4 Å². The van der Waals surface area contributed by atoms with Crippen molar-refractivity contribution in [3.63, 3.8) is 0 Å². The fraction of sp³-hybridized carbons (Fsp3) is 0.0952. The van der Waals surface area contributed by atoms with E-state index in [0.29, 0.717) is 10.6 Å². The molecule has 0 saturated carbocycles. The zero-order valence-electron chi connectivity index (χ0n) is 15.8. The summed E-state index contributed by atoms with van der Waals surface area (Å²) in [4.78, 5) is 28.3. The maximum Gasteiger partial charge on any atom is 0.433 e. The molecule has 0 aliphatic heterocycles. The number of carbonyl (C=O) groups excluding carboxylic acids is 2. The van der Waals surface area contributed by atoms with Crippen LogP contribution in [0.25, 0.3) is 0 Å². The summed E-state index contributed by atoms with van der Waals surface area (Å²) < 4.78 is 38.3. The number of pyridine rings is 1. The van der Waals surface area contributed by atoms with Crippen molar-refractivity contribution in [2.45, 2.75) is 13.1 Å². The molecule has 5 nitrogen and oxygen atoms in total. The maximum atomic E-state index is 12.8. The Hall–Kier alpha value is -3.10. The van der Waals surface area contributed by atoms with Gasteiger partial charge in [-0.3, -0.25) is 9.59 Å². The van der Waals surface area contributed by atoms with Gasteiger partial charge in [0.15, 0.2) is 0 Å². The average molecular weight is 468 g/mol. The minimum Gasteiger partial charge on any atom is -0.322 e. The zero-order chi connectivity index (χ0) is 22.8. The molecule has 10 heteroatoms. The monoisotopic (exact) mass is 467 g/mol. The molecule has 2 N–H and O–H groups in total. The number of hydrogen-bond acceptors (Lipinski definition) is 3. The number of halogens is 5. The van der Waals surface area contributed by atoms with Crippen molar-refractivity contribution in [2.75, 3.05) is 10.6 Å². The second kappa shape index (κ2) is 8.95. The van der Waals surface area contributed by atoms with Gasteiger partial charge in [0.1, 0.15) is 5.69 Å². The summed E-state index contributed by atoms with van der Waals surface area (Å²) in [7, 11) is 0. The lowest BCUT2D eigenvalue weighted by atomic mass is 10.1. The van der Waals surface area contributed by atoms with E-state index in [0.717, 1.165) is 12.1 Å². The Morgan fingerprint density at radius 1 is 0.903 bits per heavy atom. The number of alkyl halides is 3. The van der Waals surface area contributed by atoms with E-state index in [2.05, 4.69) is 15.6 Å². The molecule has 0 saturated heterocycles. The van der Waals surface area contributed by atoms with Crippen molar-refractivity contribution < 1.29 is 22.8 Å². The number of nitrogens with zero attached hydrogens (tertiary/aromatic N) is 1. The highest BCUT2D eigenvalue weighted by Crippen LogP contribution is 2.29. The molecule has 2 aromatic carbocycles. The third kappa shape index (κ3) is 5.53. The van der Waals surface area contributed by atoms with Crippen LogP contribution in [0.3, 0.4) is 0 Å². The molecular formula is C21H14Cl2F3N3O2. The van der Waals surface area contributed by atoms with Gasteiger partial charge in [0.25, 0.3) is 11.8 Å². The number of rotatable bonds is 4. The number of carbonyl (C=O) groups is 2. The first-order chi connectivity index (χ1) is 14.5. The van der Waals surface area contributed by atoms with Crippen molar-refractivity contribution in [3.8, 4) is 0 Å². The van der Waals surface area contributed by atoms with Gasteiger partial charge in [-0.1, -0.05) is 23.2 Å². The van der Waals surface area contributed by atoms with Gasteiger partial charge in [-0.15, -0.1) is 0 Å². The Balaban J connectivity index is 1.78. The maximum absolute atomic E-state index is 12.8. The van der Waals surface area contributed by atoms with Crippen LogP contribution >= 0.6 is 23.2 Å². The molecule has 0 atom stereocenters. The van der Waals surface area contributed by atoms with Crippen LogP contribution in [0, 0.1) is 6.92 Å². The van der Waals surface area contributed by atoms with Crippen LogP contribution in [-0.4, -0.2) is 16.8 Å². The van der Waals surface area contributed by atoms with Crippen LogP contribution < -0.4 is 10.6 Å². The van der Waals surface area contributed by atoms with Gasteiger partial charge in [0.05, 0.1) is 22.0 Å². The molecular weight excluding hydrogens is 454 g/mol. The van der Waals surface area contributed by atoms with Crippen LogP contribution in [0.4, 0.5) is 24.5 Å². The first kappa shape index (κ1) is 22.6. The smallest absolute Gasteiger partial charge is 0.322 e. The van der Waals surface area contributed by atoms with Gasteiger partial charge >= 0.3 is 6.18 Å². The van der Waals surface area contributed by atoms with Gasteiger partial charge in [-0.05, 0) is 61.5 Å². The largest absolute Gasteiger partial charge is 0.433 e. The number of anilines is 2. The Labute approximate surface area is 185 Å². The summed E-state index contributed by atoms with van der Waals surface area (Å²) in [6.45, 7) is 1.31. The predicted octanol–water partition coefficient (Wildman–Crippen LogP) is 6.22. The summed E-state index contributed by atoms with van der Waals surface area (Å²) in [6, 6.07) is 12.4. The molecule has 0 bridgehead atoms. The van der Waals surface area contributed by atoms with E-state index in [4.69, 9.17) is 23.2 Å². The predicted molar refractivity (Wildman–Crippen MR) is 113 cm³/mol. The molecule has 0 aliphatic carbocycles. The SMILES string of the molecule is Cc1nc(C(F)(F)F)ccc1C(=O)Nc1ccc(Cl)c(NC(=O)c2ccc(Cl)cc2)c1. The summed E-state index contributed by atoms with van der Waals surface area (Å²) >= 11 is 11.9. The first-order valence-corrected chi connectivity index (χ1v) is 9.53. The average Bonchev–Trinajstić information content (AvgIpc) is 2.70. The Morgan fingerprint density at radius 2 is 1.58 bits per heavy atom. The number of aromatic nitrogens is 1. The van der Waals surface area contributed by atoms with Crippen LogP contribution in [-0.2, 0) is 6.18 Å². The topological polar surface area (TPSA) is 71.1 Å². The highest BCUT2D eigenvalue weighted by atomic mass is 35.5. The zero-order valence-corrected chi connectivity index (χ0v) is 17.4. The number of hydrogen-bond donors (Lipinski definition) is 2. The standard InChI is InChI=1S/C21H14Cl2F3N3O2/c1-11-15(7-9-18(27-11)21(24,25)26)20(31)28-14-6-8-16(23)17(10-14)29-19(30)12-2-4-13(22)5-3-12/h2-10H,1H3,(H,28,31)(H,29,30). The van der Waals surface area contributed by atoms with E-state index in [9.17, 15) is 22.8 Å². The molecule has 160 valence electrons. The van der Waals surface area contributed by atoms with E-state index in [1.165, 1.54) is 37.3 Å². The second-order valence-corrected chi connectivity index (χ2v) is 7.28. The van der Waals surface area contributed by atoms with Gasteiger partial charge in [-0.25, -0.2) is 4.98 Å². The summed E-state index contributed by atoms with van der Waals surface area (Å²) in [5.41, 5.74) is -0.310. The molecule has 0 fully saturated rings. The molecule has 1 heterocycles. The van der Waals surface area contributed by atoms with Crippen molar-refractivity contribution in [2.24, 2.45) is 0 Å². The van der Waals surface area contributed by atoms with Gasteiger partial charge in [0, 0.05) is 16.3 Å². The molecule has 1 aromatic heterocycles. The summed E-state index contributed by atoms with van der Waals surface area (Å²) in [6.07, 6.45) is -4.60. The van der Waals surface area contributed by atoms with E-state index in [1.54, 1.807) is 12.1 Å². The second-order valence-electron chi connectivity index (χ2n) is 6.44. The quantitative estimate of drug-likeness (QED) is 0.478. The van der Waals surface area contributed by atoms with Crippen LogP contribution in [0.1, 0.15) is 32.1 Å². The van der Waals surface area contributed by atoms with E-state index >= 15 is 0 Å². The third-order valence-electron chi connectivity index (χ3n) is 4.20. The van der Waals surface area contributed by atoms with Crippen molar-refractivity contribution in [1.29, 1.82) is 0 Å². The first-order valence-electron chi connectivity index (χ1n) is 8.77. The molecule has 0 unspecified atom stereocenters. The number of amides is 2.